The van der Waals surface area contributed by atoms with E-state index in [2.05, 4.69) is 10.4 Å². The molecule has 2 heterocycles. The second-order valence-electron chi connectivity index (χ2n) is 5.31. The molecule has 0 aliphatic carbocycles. The Kier molecular flexibility index (Phi) is 4.27. The van der Waals surface area contributed by atoms with Crippen LogP contribution in [-0.4, -0.2) is 46.8 Å². The highest BCUT2D eigenvalue weighted by Gasteiger charge is 2.41. The third kappa shape index (κ3) is 2.99. The maximum absolute atomic E-state index is 13.9. The van der Waals surface area contributed by atoms with E-state index in [4.69, 9.17) is 0 Å². The van der Waals surface area contributed by atoms with E-state index in [-0.39, 0.29) is 5.69 Å². The van der Waals surface area contributed by atoms with Gasteiger partial charge in [0.05, 0.1) is 11.8 Å². The van der Waals surface area contributed by atoms with Gasteiger partial charge in [0.25, 0.3) is 5.91 Å². The van der Waals surface area contributed by atoms with Crippen LogP contribution in [0.4, 0.5) is 17.6 Å². The molecule has 0 radical (unpaired) electrons. The summed E-state index contributed by atoms with van der Waals surface area (Å²) in [6.45, 7) is 1.63. The van der Waals surface area contributed by atoms with E-state index >= 15 is 0 Å². The summed E-state index contributed by atoms with van der Waals surface area (Å²) in [5.41, 5.74) is -2.20. The number of para-hydroxylation sites is 1. The van der Waals surface area contributed by atoms with Crippen molar-refractivity contribution in [2.24, 2.45) is 0 Å². The zero-order valence-electron chi connectivity index (χ0n) is 12.5. The molecule has 0 saturated carbocycles. The molecule has 2 aromatic rings. The number of amides is 1. The zero-order chi connectivity index (χ0) is 17.3. The lowest BCUT2D eigenvalue weighted by molar-refractivity contribution is -0.143. The molecular weight excluding hydrogens is 328 g/mol. The molecule has 24 heavy (non-hydrogen) atoms. The number of benzene rings is 1. The van der Waals surface area contributed by atoms with Crippen molar-refractivity contribution in [2.75, 3.05) is 26.2 Å². The Morgan fingerprint density at radius 3 is 2.46 bits per heavy atom. The lowest BCUT2D eigenvalue weighted by atomic mass is 10.2. The molecule has 0 unspecified atom stereocenters. The van der Waals surface area contributed by atoms with Gasteiger partial charge in [0.15, 0.2) is 5.69 Å². The van der Waals surface area contributed by atoms with E-state index in [9.17, 15) is 22.4 Å². The largest absolute Gasteiger partial charge is 0.434 e. The maximum atomic E-state index is 13.9. The standard InChI is InChI=1S/C15H14F4N4O/c16-11-3-1-2-4-12(11)23-13(15(17,18)19)10(9-21-23)14(24)22-7-5-20-6-8-22/h1-4,9,20H,5-8H2. The van der Waals surface area contributed by atoms with Crippen molar-refractivity contribution in [3.63, 3.8) is 0 Å². The molecule has 0 spiro atoms. The molecular formula is C15H14F4N4O. The molecule has 1 aliphatic heterocycles. The number of aromatic nitrogens is 2. The molecule has 1 N–H and O–H groups in total. The molecule has 1 aliphatic rings. The summed E-state index contributed by atoms with van der Waals surface area (Å²) in [6, 6.07) is 4.98. The molecule has 1 aromatic carbocycles. The predicted octanol–water partition coefficient (Wildman–Crippen LogP) is 2.08. The van der Waals surface area contributed by atoms with Crippen LogP contribution in [0, 0.1) is 5.82 Å². The van der Waals surface area contributed by atoms with Crippen LogP contribution in [0.25, 0.3) is 5.69 Å². The Morgan fingerprint density at radius 2 is 1.83 bits per heavy atom. The number of carbonyl (C=O) groups excluding carboxylic acids is 1. The van der Waals surface area contributed by atoms with E-state index in [0.717, 1.165) is 12.3 Å². The van der Waals surface area contributed by atoms with Gasteiger partial charge in [-0.2, -0.15) is 18.3 Å². The first-order valence-electron chi connectivity index (χ1n) is 7.29. The van der Waals surface area contributed by atoms with Crippen molar-refractivity contribution in [3.8, 4) is 5.69 Å². The lowest BCUT2D eigenvalue weighted by Crippen LogP contribution is -2.46. The quantitative estimate of drug-likeness (QED) is 0.850. The minimum atomic E-state index is -4.85. The third-order valence-electron chi connectivity index (χ3n) is 3.75. The van der Waals surface area contributed by atoms with E-state index in [1.54, 1.807) is 0 Å². The minimum Gasteiger partial charge on any atom is -0.336 e. The number of piperazine rings is 1. The number of rotatable bonds is 2. The third-order valence-corrected chi connectivity index (χ3v) is 3.75. The number of hydrogen-bond donors (Lipinski definition) is 1. The van der Waals surface area contributed by atoms with E-state index < -0.39 is 29.2 Å². The second-order valence-corrected chi connectivity index (χ2v) is 5.31. The molecule has 1 aromatic heterocycles. The number of halogens is 4. The summed E-state index contributed by atoms with van der Waals surface area (Å²) in [5.74, 6) is -1.61. The Balaban J connectivity index is 2.08. The SMILES string of the molecule is O=C(c1cnn(-c2ccccc2F)c1C(F)(F)F)N1CCNCC1. The fraction of sp³-hybridized carbons (Fsp3) is 0.333. The minimum absolute atomic E-state index is 0.307. The highest BCUT2D eigenvalue weighted by atomic mass is 19.4. The average molecular weight is 342 g/mol. The van der Waals surface area contributed by atoms with Gasteiger partial charge in [-0.15, -0.1) is 0 Å². The van der Waals surface area contributed by atoms with E-state index in [0.29, 0.717) is 30.9 Å². The molecule has 0 bridgehead atoms. The Labute approximate surface area is 134 Å². The fourth-order valence-electron chi connectivity index (χ4n) is 2.62. The number of carbonyl (C=O) groups is 1. The van der Waals surface area contributed by atoms with Crippen LogP contribution in [0.5, 0.6) is 0 Å². The summed E-state index contributed by atoms with van der Waals surface area (Å²) >= 11 is 0. The van der Waals surface area contributed by atoms with Crippen molar-refractivity contribution in [1.29, 1.82) is 0 Å². The first-order chi connectivity index (χ1) is 11.4. The molecule has 5 nitrogen and oxygen atoms in total. The highest BCUT2D eigenvalue weighted by Crippen LogP contribution is 2.34. The summed E-state index contributed by atoms with van der Waals surface area (Å²) in [5, 5.41) is 6.64. The van der Waals surface area contributed by atoms with Gasteiger partial charge in [0.2, 0.25) is 0 Å². The monoisotopic (exact) mass is 342 g/mol. The van der Waals surface area contributed by atoms with Gasteiger partial charge in [-0.1, -0.05) is 12.1 Å². The normalized spacial score (nSPS) is 15.6. The Bertz CT molecular complexity index is 750. The highest BCUT2D eigenvalue weighted by molar-refractivity contribution is 5.95. The first kappa shape index (κ1) is 16.4. The molecule has 3 rings (SSSR count). The molecule has 1 saturated heterocycles. The van der Waals surface area contributed by atoms with Gasteiger partial charge in [-0.3, -0.25) is 4.79 Å². The summed E-state index contributed by atoms with van der Waals surface area (Å²) < 4.78 is 54.9. The van der Waals surface area contributed by atoms with Crippen LogP contribution in [-0.2, 0) is 6.18 Å². The van der Waals surface area contributed by atoms with Gasteiger partial charge in [-0.25, -0.2) is 9.07 Å². The number of nitrogens with one attached hydrogen (secondary N) is 1. The summed E-state index contributed by atoms with van der Waals surface area (Å²) in [7, 11) is 0. The molecule has 9 heteroatoms. The van der Waals surface area contributed by atoms with Gasteiger partial charge in [-0.05, 0) is 12.1 Å². The number of hydrogen-bond acceptors (Lipinski definition) is 3. The van der Waals surface area contributed by atoms with Crippen molar-refractivity contribution in [1.82, 2.24) is 20.0 Å². The van der Waals surface area contributed by atoms with Gasteiger partial charge in [0, 0.05) is 26.2 Å². The van der Waals surface area contributed by atoms with Crippen molar-refractivity contribution < 1.29 is 22.4 Å². The first-order valence-corrected chi connectivity index (χ1v) is 7.29. The predicted molar refractivity (Wildman–Crippen MR) is 77.3 cm³/mol. The average Bonchev–Trinajstić information content (AvgIpc) is 3.00. The molecule has 1 amide bonds. The van der Waals surface area contributed by atoms with Gasteiger partial charge < -0.3 is 10.2 Å². The smallest absolute Gasteiger partial charge is 0.336 e. The molecule has 128 valence electrons. The van der Waals surface area contributed by atoms with Gasteiger partial charge in [0.1, 0.15) is 11.5 Å². The number of alkyl halides is 3. The maximum Gasteiger partial charge on any atom is 0.434 e. The van der Waals surface area contributed by atoms with E-state index in [1.165, 1.54) is 23.1 Å². The lowest BCUT2D eigenvalue weighted by Gasteiger charge is -2.27. The second kappa shape index (κ2) is 6.23. The summed E-state index contributed by atoms with van der Waals surface area (Å²) in [6.07, 6.45) is -4.00. The van der Waals surface area contributed by atoms with Crippen LogP contribution in [0.3, 0.4) is 0 Å². The van der Waals surface area contributed by atoms with E-state index in [1.807, 2.05) is 0 Å². The van der Waals surface area contributed by atoms with Crippen LogP contribution >= 0.6 is 0 Å². The molecule has 0 atom stereocenters. The van der Waals surface area contributed by atoms with Crippen LogP contribution in [0.15, 0.2) is 30.5 Å². The zero-order valence-corrected chi connectivity index (χ0v) is 12.5. The van der Waals surface area contributed by atoms with Crippen LogP contribution in [0.1, 0.15) is 16.1 Å². The summed E-state index contributed by atoms with van der Waals surface area (Å²) in [4.78, 5) is 13.8. The van der Waals surface area contributed by atoms with Crippen LogP contribution < -0.4 is 5.32 Å². The topological polar surface area (TPSA) is 50.2 Å². The molecule has 1 fully saturated rings. The van der Waals surface area contributed by atoms with Crippen molar-refractivity contribution in [2.45, 2.75) is 6.18 Å². The fourth-order valence-corrected chi connectivity index (χ4v) is 2.62. The van der Waals surface area contributed by atoms with Crippen molar-refractivity contribution in [3.05, 3.63) is 47.5 Å². The number of nitrogens with zero attached hydrogens (tertiary/aromatic N) is 3. The van der Waals surface area contributed by atoms with Gasteiger partial charge >= 0.3 is 6.18 Å². The van der Waals surface area contributed by atoms with Crippen LogP contribution in [0.2, 0.25) is 0 Å². The van der Waals surface area contributed by atoms with Crippen molar-refractivity contribution >= 4 is 5.91 Å². The Hall–Kier alpha value is -2.42. The Morgan fingerprint density at radius 1 is 1.17 bits per heavy atom.